The number of methoxy groups -OCH3 is 1. The van der Waals surface area contributed by atoms with Gasteiger partial charge in [-0.15, -0.1) is 0 Å². The van der Waals surface area contributed by atoms with E-state index in [1.165, 1.54) is 0 Å². The Kier molecular flexibility index (Phi) is 4.63. The van der Waals surface area contributed by atoms with Crippen LogP contribution in [0.1, 0.15) is 19.4 Å². The van der Waals surface area contributed by atoms with Gasteiger partial charge in [-0.25, -0.2) is 0 Å². The lowest BCUT2D eigenvalue weighted by Crippen LogP contribution is -2.54. The number of hydrogen-bond acceptors (Lipinski definition) is 5. The molecular formula is C16H24N2O4. The Bertz CT molecular complexity index is 570. The van der Waals surface area contributed by atoms with E-state index in [0.717, 1.165) is 6.54 Å². The van der Waals surface area contributed by atoms with Crippen molar-refractivity contribution in [1.29, 1.82) is 0 Å². The number of hydrogen-bond donors (Lipinski definition) is 1. The molecule has 0 spiro atoms. The fourth-order valence-corrected chi connectivity index (χ4v) is 2.44. The average molecular weight is 308 g/mol. The van der Waals surface area contributed by atoms with Crippen LogP contribution < -0.4 is 14.4 Å². The number of likely N-dealkylation sites (N-methyl/N-ethyl adjacent to an activating group) is 1. The number of carbonyl (C=O) groups is 1. The lowest BCUT2D eigenvalue weighted by molar-refractivity contribution is -0.132. The second kappa shape index (κ2) is 6.14. The minimum absolute atomic E-state index is 0.0982. The lowest BCUT2D eigenvalue weighted by atomic mass is 10.0. The highest BCUT2D eigenvalue weighted by atomic mass is 16.5. The van der Waals surface area contributed by atoms with E-state index in [4.69, 9.17) is 9.47 Å². The Morgan fingerprint density at radius 3 is 2.59 bits per heavy atom. The number of carbonyl (C=O) groups excluding carboxylic acids is 1. The van der Waals surface area contributed by atoms with Crippen molar-refractivity contribution in [2.75, 3.05) is 39.2 Å². The molecule has 0 radical (unpaired) electrons. The van der Waals surface area contributed by atoms with Crippen LogP contribution in [0, 0.1) is 0 Å². The van der Waals surface area contributed by atoms with E-state index in [1.54, 1.807) is 38.0 Å². The van der Waals surface area contributed by atoms with Gasteiger partial charge in [0.1, 0.15) is 0 Å². The summed E-state index contributed by atoms with van der Waals surface area (Å²) in [6.07, 6.45) is 0. The van der Waals surface area contributed by atoms with Gasteiger partial charge in [-0.2, -0.15) is 0 Å². The molecule has 0 saturated heterocycles. The van der Waals surface area contributed by atoms with Crippen LogP contribution in [0.5, 0.6) is 11.5 Å². The van der Waals surface area contributed by atoms with Crippen LogP contribution in [0.4, 0.5) is 5.69 Å². The molecule has 6 nitrogen and oxygen atoms in total. The second-order valence-corrected chi connectivity index (χ2v) is 6.18. The highest BCUT2D eigenvalue weighted by Gasteiger charge is 2.42. The molecule has 1 N–H and O–H groups in total. The molecule has 0 aromatic heterocycles. The predicted molar refractivity (Wildman–Crippen MR) is 84.5 cm³/mol. The van der Waals surface area contributed by atoms with Crippen LogP contribution in [0.3, 0.4) is 0 Å². The van der Waals surface area contributed by atoms with Gasteiger partial charge in [-0.3, -0.25) is 4.79 Å². The molecule has 0 atom stereocenters. The third kappa shape index (κ3) is 3.03. The second-order valence-electron chi connectivity index (χ2n) is 6.18. The minimum Gasteiger partial charge on any atom is -0.493 e. The zero-order valence-corrected chi connectivity index (χ0v) is 13.8. The summed E-state index contributed by atoms with van der Waals surface area (Å²) in [6, 6.07) is 3.51. The van der Waals surface area contributed by atoms with Gasteiger partial charge in [-0.05, 0) is 45.6 Å². The van der Waals surface area contributed by atoms with Crippen LogP contribution in [-0.2, 0) is 11.4 Å². The first-order valence-corrected chi connectivity index (χ1v) is 7.27. The molecule has 0 unspecified atom stereocenters. The van der Waals surface area contributed by atoms with Gasteiger partial charge in [0.15, 0.2) is 17.1 Å². The number of rotatable bonds is 5. The molecule has 1 aromatic carbocycles. The standard InChI is InChI=1S/C16H24N2O4/c1-16(2)15(20)18(7-6-17(3)4)12-8-11(10-19)9-13(21-5)14(12)22-16/h8-9,19H,6-7,10H2,1-5H3. The summed E-state index contributed by atoms with van der Waals surface area (Å²) in [7, 11) is 5.47. The van der Waals surface area contributed by atoms with E-state index in [1.807, 2.05) is 19.0 Å². The van der Waals surface area contributed by atoms with Crippen LogP contribution in [0.15, 0.2) is 12.1 Å². The highest BCUT2D eigenvalue weighted by Crippen LogP contribution is 2.45. The normalized spacial score (nSPS) is 16.5. The van der Waals surface area contributed by atoms with Crippen LogP contribution in [-0.4, -0.2) is 55.8 Å². The molecule has 0 saturated carbocycles. The Hall–Kier alpha value is -1.79. The van der Waals surface area contributed by atoms with Gasteiger partial charge in [0.05, 0.1) is 19.4 Å². The molecule has 22 heavy (non-hydrogen) atoms. The smallest absolute Gasteiger partial charge is 0.270 e. The Balaban J connectivity index is 2.53. The fraction of sp³-hybridized carbons (Fsp3) is 0.562. The number of amides is 1. The number of aliphatic hydroxyl groups is 1. The topological polar surface area (TPSA) is 62.2 Å². The maximum absolute atomic E-state index is 12.7. The first kappa shape index (κ1) is 16.6. The SMILES string of the molecule is COc1cc(CO)cc2c1OC(C)(C)C(=O)N2CCN(C)C. The maximum Gasteiger partial charge on any atom is 0.270 e. The third-order valence-electron chi connectivity index (χ3n) is 3.68. The van der Waals surface area contributed by atoms with E-state index in [2.05, 4.69) is 0 Å². The summed E-state index contributed by atoms with van der Waals surface area (Å²) >= 11 is 0. The molecule has 0 aliphatic carbocycles. The van der Waals surface area contributed by atoms with E-state index >= 15 is 0 Å². The number of aliphatic hydroxyl groups excluding tert-OH is 1. The Morgan fingerprint density at radius 2 is 2.05 bits per heavy atom. The fourth-order valence-electron chi connectivity index (χ4n) is 2.44. The molecular weight excluding hydrogens is 284 g/mol. The summed E-state index contributed by atoms with van der Waals surface area (Å²) < 4.78 is 11.3. The number of nitrogens with zero attached hydrogens (tertiary/aromatic N) is 2. The minimum atomic E-state index is -0.951. The van der Waals surface area contributed by atoms with Crippen molar-refractivity contribution in [3.8, 4) is 11.5 Å². The van der Waals surface area contributed by atoms with Crippen LogP contribution in [0.2, 0.25) is 0 Å². The molecule has 1 aliphatic rings. The van der Waals surface area contributed by atoms with Gasteiger partial charge >= 0.3 is 0 Å². The van der Waals surface area contributed by atoms with Gasteiger partial charge in [0.2, 0.25) is 0 Å². The summed E-state index contributed by atoms with van der Waals surface area (Å²) in [6.45, 7) is 4.65. The van der Waals surface area contributed by atoms with Gasteiger partial charge in [0, 0.05) is 13.1 Å². The molecule has 1 heterocycles. The Morgan fingerprint density at radius 1 is 1.36 bits per heavy atom. The Labute approximate surface area is 131 Å². The van der Waals surface area contributed by atoms with Crippen molar-refractivity contribution in [2.24, 2.45) is 0 Å². The zero-order valence-electron chi connectivity index (χ0n) is 13.8. The molecule has 1 amide bonds. The molecule has 1 aromatic rings. The van der Waals surface area contributed by atoms with Crippen molar-refractivity contribution in [2.45, 2.75) is 26.1 Å². The summed E-state index contributed by atoms with van der Waals surface area (Å²) in [5, 5.41) is 9.42. The number of anilines is 1. The summed E-state index contributed by atoms with van der Waals surface area (Å²) in [4.78, 5) is 16.4. The van der Waals surface area contributed by atoms with Gasteiger partial charge in [-0.1, -0.05) is 0 Å². The maximum atomic E-state index is 12.7. The average Bonchev–Trinajstić information content (AvgIpc) is 2.46. The van der Waals surface area contributed by atoms with Gasteiger partial charge in [0.25, 0.3) is 5.91 Å². The van der Waals surface area contributed by atoms with Crippen molar-refractivity contribution >= 4 is 11.6 Å². The van der Waals surface area contributed by atoms with Crippen molar-refractivity contribution in [1.82, 2.24) is 4.90 Å². The number of benzene rings is 1. The number of fused-ring (bicyclic) bond motifs is 1. The molecule has 0 bridgehead atoms. The van der Waals surface area contributed by atoms with Crippen LogP contribution in [0.25, 0.3) is 0 Å². The largest absolute Gasteiger partial charge is 0.493 e. The zero-order chi connectivity index (χ0) is 16.5. The van der Waals surface area contributed by atoms with Crippen molar-refractivity contribution in [3.63, 3.8) is 0 Å². The van der Waals surface area contributed by atoms with Crippen LogP contribution >= 0.6 is 0 Å². The summed E-state index contributed by atoms with van der Waals surface area (Å²) in [5.74, 6) is 0.971. The monoisotopic (exact) mass is 308 g/mol. The molecule has 0 fully saturated rings. The first-order valence-electron chi connectivity index (χ1n) is 7.27. The van der Waals surface area contributed by atoms with E-state index in [0.29, 0.717) is 29.3 Å². The first-order chi connectivity index (χ1) is 10.3. The van der Waals surface area contributed by atoms with E-state index in [9.17, 15) is 9.90 Å². The molecule has 6 heteroatoms. The molecule has 122 valence electrons. The lowest BCUT2D eigenvalue weighted by Gasteiger charge is -2.39. The predicted octanol–water partition coefficient (Wildman–Crippen LogP) is 1.25. The molecule has 1 aliphatic heterocycles. The summed E-state index contributed by atoms with van der Waals surface area (Å²) in [5.41, 5.74) is 0.379. The highest BCUT2D eigenvalue weighted by molar-refractivity contribution is 6.03. The third-order valence-corrected chi connectivity index (χ3v) is 3.68. The van der Waals surface area contributed by atoms with E-state index < -0.39 is 5.60 Å². The quantitative estimate of drug-likeness (QED) is 0.887. The molecule has 2 rings (SSSR count). The van der Waals surface area contributed by atoms with Gasteiger partial charge < -0.3 is 24.4 Å². The van der Waals surface area contributed by atoms with Crippen molar-refractivity contribution < 1.29 is 19.4 Å². The van der Waals surface area contributed by atoms with E-state index in [-0.39, 0.29) is 12.5 Å². The van der Waals surface area contributed by atoms with Crippen molar-refractivity contribution in [3.05, 3.63) is 17.7 Å². The number of ether oxygens (including phenoxy) is 2.